The van der Waals surface area contributed by atoms with Crippen molar-refractivity contribution >= 4 is 22.9 Å². The Bertz CT molecular complexity index is 492. The molecular formula is C11H12N2OS2. The van der Waals surface area contributed by atoms with E-state index in [1.54, 1.807) is 7.11 Å². The van der Waals surface area contributed by atoms with Crippen molar-refractivity contribution in [3.05, 3.63) is 32.8 Å². The molecule has 16 heavy (non-hydrogen) atoms. The smallest absolute Gasteiger partial charge is 0.230 e. The Morgan fingerprint density at radius 2 is 2.44 bits per heavy atom. The van der Waals surface area contributed by atoms with Crippen molar-refractivity contribution in [2.45, 2.75) is 12.5 Å². The van der Waals surface area contributed by atoms with Crippen molar-refractivity contribution in [3.63, 3.8) is 0 Å². The van der Waals surface area contributed by atoms with Crippen molar-refractivity contribution in [1.82, 2.24) is 9.69 Å². The highest BCUT2D eigenvalue weighted by Gasteiger charge is 2.25. The average Bonchev–Trinajstić information content (AvgIpc) is 2.96. The number of hydrogen-bond donors (Lipinski definition) is 1. The molecule has 1 atom stereocenters. The number of rotatable bonds is 2. The molecule has 0 fully saturated rings. The van der Waals surface area contributed by atoms with Gasteiger partial charge < -0.3 is 10.1 Å². The van der Waals surface area contributed by atoms with Crippen LogP contribution in [0.25, 0.3) is 0 Å². The maximum atomic E-state index is 5.29. The summed E-state index contributed by atoms with van der Waals surface area (Å²) in [4.78, 5) is 1.48. The first-order valence-electron chi connectivity index (χ1n) is 5.18. The lowest BCUT2D eigenvalue weighted by Gasteiger charge is -2.23. The van der Waals surface area contributed by atoms with Gasteiger partial charge in [0.05, 0.1) is 13.2 Å². The van der Waals surface area contributed by atoms with Gasteiger partial charge in [0, 0.05) is 22.4 Å². The van der Waals surface area contributed by atoms with Crippen LogP contribution in [-0.4, -0.2) is 18.0 Å². The van der Waals surface area contributed by atoms with Crippen molar-refractivity contribution in [1.29, 1.82) is 0 Å². The predicted molar refractivity (Wildman–Crippen MR) is 66.5 cm³/mol. The molecule has 0 bridgehead atoms. The molecule has 1 aliphatic heterocycles. The van der Waals surface area contributed by atoms with Gasteiger partial charge in [-0.1, -0.05) is 0 Å². The highest BCUT2D eigenvalue weighted by atomic mass is 32.1. The van der Waals surface area contributed by atoms with Crippen LogP contribution in [0.3, 0.4) is 0 Å². The monoisotopic (exact) mass is 252 g/mol. The van der Waals surface area contributed by atoms with Crippen molar-refractivity contribution in [3.8, 4) is 5.88 Å². The summed E-state index contributed by atoms with van der Waals surface area (Å²) < 4.78 is 9.54. The molecule has 3 heterocycles. The first-order valence-corrected chi connectivity index (χ1v) is 6.89. The number of hydrogen-bond acceptors (Lipinski definition) is 5. The number of methoxy groups -OCH3 is 1. The maximum Gasteiger partial charge on any atom is 0.230 e. The normalized spacial score (nSPS) is 19.4. The number of nitrogens with zero attached hydrogens (tertiary/aromatic N) is 1. The number of thiophene rings is 1. The number of ether oxygens (including phenoxy) is 1. The summed E-state index contributed by atoms with van der Waals surface area (Å²) in [5.74, 6) is 0.751. The molecule has 5 heteroatoms. The van der Waals surface area contributed by atoms with Crippen LogP contribution in [0.5, 0.6) is 5.88 Å². The lowest BCUT2D eigenvalue weighted by atomic mass is 9.98. The standard InChI is InChI=1S/C11H12N2OS2/c1-14-11-8(6-16-13-11)10-7-3-5-15-9(7)2-4-12-10/h3,5-6,10,12H,2,4H2,1H3. The van der Waals surface area contributed by atoms with E-state index in [0.717, 1.165) is 24.4 Å². The van der Waals surface area contributed by atoms with Gasteiger partial charge in [0.25, 0.3) is 0 Å². The molecule has 1 unspecified atom stereocenters. The fourth-order valence-corrected chi connectivity index (χ4v) is 3.71. The van der Waals surface area contributed by atoms with Gasteiger partial charge in [-0.25, -0.2) is 0 Å². The van der Waals surface area contributed by atoms with E-state index in [9.17, 15) is 0 Å². The lowest BCUT2D eigenvalue weighted by molar-refractivity contribution is 0.391. The first kappa shape index (κ1) is 10.3. The molecule has 0 spiro atoms. The highest BCUT2D eigenvalue weighted by Crippen LogP contribution is 2.36. The molecule has 0 aliphatic carbocycles. The molecular weight excluding hydrogens is 240 g/mol. The molecule has 3 rings (SSSR count). The van der Waals surface area contributed by atoms with Crippen LogP contribution in [0.1, 0.15) is 22.0 Å². The second-order valence-electron chi connectivity index (χ2n) is 3.72. The van der Waals surface area contributed by atoms with Crippen molar-refractivity contribution < 1.29 is 4.74 Å². The fraction of sp³-hybridized carbons (Fsp3) is 0.364. The largest absolute Gasteiger partial charge is 0.480 e. The molecule has 2 aromatic rings. The summed E-state index contributed by atoms with van der Waals surface area (Å²) in [6.45, 7) is 1.02. The van der Waals surface area contributed by atoms with Gasteiger partial charge >= 0.3 is 0 Å². The van der Waals surface area contributed by atoms with Crippen molar-refractivity contribution in [2.75, 3.05) is 13.7 Å². The Morgan fingerprint density at radius 3 is 3.31 bits per heavy atom. The minimum absolute atomic E-state index is 0.253. The molecule has 0 amide bonds. The van der Waals surface area contributed by atoms with Gasteiger partial charge in [0.1, 0.15) is 0 Å². The zero-order valence-corrected chi connectivity index (χ0v) is 10.5. The summed E-state index contributed by atoms with van der Waals surface area (Å²) in [5, 5.41) is 7.77. The molecule has 0 saturated carbocycles. The van der Waals surface area contributed by atoms with Gasteiger partial charge in [-0.3, -0.25) is 0 Å². The quantitative estimate of drug-likeness (QED) is 0.891. The van der Waals surface area contributed by atoms with E-state index in [2.05, 4.69) is 26.5 Å². The molecule has 0 saturated heterocycles. The van der Waals surface area contributed by atoms with Crippen LogP contribution in [0, 0.1) is 0 Å². The fourth-order valence-electron chi connectivity index (χ4n) is 2.11. The third-order valence-electron chi connectivity index (χ3n) is 2.86. The summed E-state index contributed by atoms with van der Waals surface area (Å²) in [6, 6.07) is 2.46. The van der Waals surface area contributed by atoms with E-state index in [1.807, 2.05) is 11.3 Å². The summed E-state index contributed by atoms with van der Waals surface area (Å²) in [6.07, 6.45) is 1.13. The van der Waals surface area contributed by atoms with E-state index < -0.39 is 0 Å². The minimum atomic E-state index is 0.253. The number of aromatic nitrogens is 1. The second-order valence-corrected chi connectivity index (χ2v) is 5.35. The molecule has 2 aromatic heterocycles. The van der Waals surface area contributed by atoms with E-state index in [4.69, 9.17) is 4.74 Å². The van der Waals surface area contributed by atoms with E-state index >= 15 is 0 Å². The van der Waals surface area contributed by atoms with Gasteiger partial charge in [-0.15, -0.1) is 11.3 Å². The van der Waals surface area contributed by atoms with E-state index in [0.29, 0.717) is 0 Å². The molecule has 3 nitrogen and oxygen atoms in total. The van der Waals surface area contributed by atoms with E-state index in [1.165, 1.54) is 22.0 Å². The third kappa shape index (κ3) is 1.55. The average molecular weight is 252 g/mol. The van der Waals surface area contributed by atoms with Crippen LogP contribution in [0.4, 0.5) is 0 Å². The maximum absolute atomic E-state index is 5.29. The Labute approximate surface area is 102 Å². The minimum Gasteiger partial charge on any atom is -0.480 e. The van der Waals surface area contributed by atoms with Crippen molar-refractivity contribution in [2.24, 2.45) is 0 Å². The Morgan fingerprint density at radius 1 is 1.50 bits per heavy atom. The Balaban J connectivity index is 2.04. The van der Waals surface area contributed by atoms with Gasteiger partial charge in [-0.2, -0.15) is 4.37 Å². The highest BCUT2D eigenvalue weighted by molar-refractivity contribution is 7.10. The molecule has 84 valence electrons. The molecule has 0 radical (unpaired) electrons. The summed E-state index contributed by atoms with van der Waals surface area (Å²) in [5.41, 5.74) is 2.54. The van der Waals surface area contributed by atoms with E-state index in [-0.39, 0.29) is 6.04 Å². The first-order chi connectivity index (χ1) is 7.90. The van der Waals surface area contributed by atoms with Gasteiger partial charge in [-0.05, 0) is 35.0 Å². The lowest BCUT2D eigenvalue weighted by Crippen LogP contribution is -2.29. The topological polar surface area (TPSA) is 34.1 Å². The zero-order valence-electron chi connectivity index (χ0n) is 8.90. The second kappa shape index (κ2) is 4.16. The summed E-state index contributed by atoms with van der Waals surface area (Å²) >= 11 is 3.29. The van der Waals surface area contributed by atoms with Crippen LogP contribution in [0.2, 0.25) is 0 Å². The predicted octanol–water partition coefficient (Wildman–Crippen LogP) is 2.45. The molecule has 0 aromatic carbocycles. The van der Waals surface area contributed by atoms with Gasteiger partial charge in [0.15, 0.2) is 0 Å². The van der Waals surface area contributed by atoms with Crippen LogP contribution in [-0.2, 0) is 6.42 Å². The number of nitrogens with one attached hydrogen (secondary N) is 1. The summed E-state index contributed by atoms with van der Waals surface area (Å²) in [7, 11) is 1.68. The van der Waals surface area contributed by atoms with Gasteiger partial charge in [0.2, 0.25) is 5.88 Å². The third-order valence-corrected chi connectivity index (χ3v) is 4.49. The Hall–Kier alpha value is -0.910. The van der Waals surface area contributed by atoms with Crippen LogP contribution < -0.4 is 10.1 Å². The molecule has 1 N–H and O–H groups in total. The zero-order chi connectivity index (χ0) is 11.0. The SMILES string of the molecule is COc1nscc1C1NCCc2sccc21. The van der Waals surface area contributed by atoms with Crippen LogP contribution >= 0.6 is 22.9 Å². The number of fused-ring (bicyclic) bond motifs is 1. The van der Waals surface area contributed by atoms with Crippen LogP contribution in [0.15, 0.2) is 16.8 Å². The Kier molecular flexibility index (Phi) is 2.67. The molecule has 1 aliphatic rings.